The smallest absolute Gasteiger partial charge is 0.289 e. The molecular formula is C3H2ClN3O2. The van der Waals surface area contributed by atoms with Gasteiger partial charge in [-0.25, -0.2) is 5.10 Å². The first-order chi connectivity index (χ1) is 4.22. The molecule has 0 saturated heterocycles. The SMILES string of the molecule is O=c1[nH]nnc(O)c1Cl. The number of hydrogen-bond acceptors (Lipinski definition) is 4. The highest BCUT2D eigenvalue weighted by molar-refractivity contribution is 6.31. The summed E-state index contributed by atoms with van der Waals surface area (Å²) in [7, 11) is 0. The molecule has 2 N–H and O–H groups in total. The Bertz CT molecular complexity index is 270. The van der Waals surface area contributed by atoms with Crippen molar-refractivity contribution < 1.29 is 5.11 Å². The molecule has 0 aliphatic heterocycles. The molecule has 1 aromatic heterocycles. The zero-order valence-electron chi connectivity index (χ0n) is 4.13. The Labute approximate surface area is 54.3 Å². The highest BCUT2D eigenvalue weighted by Gasteiger charge is 2.01. The minimum absolute atomic E-state index is 0.343. The molecule has 0 amide bonds. The Morgan fingerprint density at radius 3 is 2.78 bits per heavy atom. The molecule has 0 aromatic carbocycles. The standard InChI is InChI=1S/C3H2ClN3O2/c4-1-2(8)5-7-6-3(1)9/h(H2,5,6,8,9). The monoisotopic (exact) mass is 147 g/mol. The van der Waals surface area contributed by atoms with Crippen molar-refractivity contribution in [2.45, 2.75) is 0 Å². The van der Waals surface area contributed by atoms with Crippen molar-refractivity contribution in [3.8, 4) is 5.88 Å². The van der Waals surface area contributed by atoms with Crippen LogP contribution in [0.5, 0.6) is 5.88 Å². The van der Waals surface area contributed by atoms with Crippen molar-refractivity contribution in [3.05, 3.63) is 15.4 Å². The molecule has 0 aliphatic carbocycles. The van der Waals surface area contributed by atoms with Crippen molar-refractivity contribution in [1.29, 1.82) is 0 Å². The summed E-state index contributed by atoms with van der Waals surface area (Å²) in [5, 5.41) is 16.2. The molecule has 1 rings (SSSR count). The fourth-order valence-corrected chi connectivity index (χ4v) is 0.392. The van der Waals surface area contributed by atoms with E-state index in [4.69, 9.17) is 16.7 Å². The predicted molar refractivity (Wildman–Crippen MR) is 29.3 cm³/mol. The van der Waals surface area contributed by atoms with E-state index >= 15 is 0 Å². The number of nitrogens with zero attached hydrogens (tertiary/aromatic N) is 2. The van der Waals surface area contributed by atoms with Crippen LogP contribution in [0.1, 0.15) is 0 Å². The maximum atomic E-state index is 10.4. The third-order valence-electron chi connectivity index (χ3n) is 0.692. The van der Waals surface area contributed by atoms with Gasteiger partial charge in [0.15, 0.2) is 5.02 Å². The van der Waals surface area contributed by atoms with Crippen LogP contribution < -0.4 is 5.56 Å². The second-order valence-corrected chi connectivity index (χ2v) is 1.66. The maximum absolute atomic E-state index is 10.4. The van der Waals surface area contributed by atoms with Gasteiger partial charge in [-0.2, -0.15) is 0 Å². The largest absolute Gasteiger partial charge is 0.491 e. The first-order valence-electron chi connectivity index (χ1n) is 2.01. The van der Waals surface area contributed by atoms with E-state index in [2.05, 4.69) is 10.3 Å². The Morgan fingerprint density at radius 1 is 1.67 bits per heavy atom. The van der Waals surface area contributed by atoms with Gasteiger partial charge in [-0.15, -0.1) is 0 Å². The first kappa shape index (κ1) is 6.03. The summed E-state index contributed by atoms with van der Waals surface area (Å²) in [5.41, 5.74) is -0.649. The molecule has 0 spiro atoms. The lowest BCUT2D eigenvalue weighted by atomic mass is 10.6. The summed E-state index contributed by atoms with van der Waals surface area (Å²) in [5.74, 6) is -0.555. The first-order valence-corrected chi connectivity index (χ1v) is 2.39. The highest BCUT2D eigenvalue weighted by Crippen LogP contribution is 2.10. The number of aromatic nitrogens is 3. The number of hydrogen-bond donors (Lipinski definition) is 2. The third-order valence-corrected chi connectivity index (χ3v) is 1.03. The fourth-order valence-electron chi connectivity index (χ4n) is 0.312. The van der Waals surface area contributed by atoms with Gasteiger partial charge in [0.1, 0.15) is 0 Å². The van der Waals surface area contributed by atoms with Gasteiger partial charge in [0, 0.05) is 0 Å². The van der Waals surface area contributed by atoms with Crippen molar-refractivity contribution in [1.82, 2.24) is 15.4 Å². The van der Waals surface area contributed by atoms with Crippen LogP contribution in [0.3, 0.4) is 0 Å². The lowest BCUT2D eigenvalue weighted by Crippen LogP contribution is -2.09. The zero-order chi connectivity index (χ0) is 6.85. The number of nitrogens with one attached hydrogen (secondary N) is 1. The van der Waals surface area contributed by atoms with Gasteiger partial charge in [0.05, 0.1) is 0 Å². The molecule has 0 saturated carbocycles. The molecule has 0 aliphatic rings. The molecule has 1 aromatic rings. The number of rotatable bonds is 0. The molecule has 0 atom stereocenters. The van der Waals surface area contributed by atoms with Gasteiger partial charge in [-0.05, 0) is 0 Å². The summed E-state index contributed by atoms with van der Waals surface area (Å²) in [6.45, 7) is 0. The van der Waals surface area contributed by atoms with Crippen molar-refractivity contribution in [2.75, 3.05) is 0 Å². The Morgan fingerprint density at radius 2 is 2.33 bits per heavy atom. The molecule has 9 heavy (non-hydrogen) atoms. The molecule has 5 nitrogen and oxygen atoms in total. The number of H-pyrrole nitrogens is 1. The summed E-state index contributed by atoms with van der Waals surface area (Å²) in [6.07, 6.45) is 0. The Balaban J connectivity index is 3.43. The van der Waals surface area contributed by atoms with Crippen LogP contribution in [-0.4, -0.2) is 20.5 Å². The predicted octanol–water partition coefficient (Wildman–Crippen LogP) is -0.476. The summed E-state index contributed by atoms with van der Waals surface area (Å²) in [6, 6.07) is 0. The van der Waals surface area contributed by atoms with Crippen molar-refractivity contribution in [2.24, 2.45) is 0 Å². The second-order valence-electron chi connectivity index (χ2n) is 1.28. The fraction of sp³-hybridized carbons (Fsp3) is 0. The molecule has 0 unspecified atom stereocenters. The lowest BCUT2D eigenvalue weighted by molar-refractivity contribution is 0.439. The van der Waals surface area contributed by atoms with Crippen LogP contribution >= 0.6 is 11.6 Å². The minimum atomic E-state index is -0.649. The molecule has 6 heteroatoms. The van der Waals surface area contributed by atoms with E-state index < -0.39 is 11.4 Å². The Kier molecular flexibility index (Phi) is 1.35. The van der Waals surface area contributed by atoms with Gasteiger partial charge in [0.2, 0.25) is 0 Å². The average molecular weight is 148 g/mol. The number of aromatic amines is 1. The summed E-state index contributed by atoms with van der Waals surface area (Å²) < 4.78 is 0. The van der Waals surface area contributed by atoms with Gasteiger partial charge in [-0.1, -0.05) is 21.9 Å². The third kappa shape index (κ3) is 0.996. The number of aromatic hydroxyl groups is 1. The normalized spacial score (nSPS) is 9.44. The minimum Gasteiger partial charge on any atom is -0.491 e. The van der Waals surface area contributed by atoms with Crippen LogP contribution in [0.15, 0.2) is 4.79 Å². The van der Waals surface area contributed by atoms with E-state index in [1.54, 1.807) is 0 Å². The molecular weight excluding hydrogens is 146 g/mol. The van der Waals surface area contributed by atoms with Gasteiger partial charge >= 0.3 is 0 Å². The van der Waals surface area contributed by atoms with Crippen LogP contribution in [0.2, 0.25) is 5.02 Å². The quantitative estimate of drug-likeness (QED) is 0.520. The van der Waals surface area contributed by atoms with Crippen LogP contribution in [-0.2, 0) is 0 Å². The second kappa shape index (κ2) is 2.02. The average Bonchev–Trinajstić information content (AvgIpc) is 1.83. The van der Waals surface area contributed by atoms with Gasteiger partial charge < -0.3 is 5.11 Å². The van der Waals surface area contributed by atoms with E-state index in [0.29, 0.717) is 0 Å². The van der Waals surface area contributed by atoms with E-state index in [0.717, 1.165) is 0 Å². The van der Waals surface area contributed by atoms with Crippen molar-refractivity contribution >= 4 is 11.6 Å². The molecule has 0 bridgehead atoms. The molecule has 48 valence electrons. The summed E-state index contributed by atoms with van der Waals surface area (Å²) >= 11 is 5.18. The molecule has 0 radical (unpaired) electrons. The summed E-state index contributed by atoms with van der Waals surface area (Å²) in [4.78, 5) is 10.4. The van der Waals surface area contributed by atoms with E-state index in [-0.39, 0.29) is 5.02 Å². The van der Waals surface area contributed by atoms with Crippen LogP contribution in [0.25, 0.3) is 0 Å². The van der Waals surface area contributed by atoms with Crippen LogP contribution in [0.4, 0.5) is 0 Å². The molecule has 0 fully saturated rings. The van der Waals surface area contributed by atoms with Gasteiger partial charge in [-0.3, -0.25) is 4.79 Å². The van der Waals surface area contributed by atoms with Crippen LogP contribution in [0, 0.1) is 0 Å². The van der Waals surface area contributed by atoms with E-state index in [1.807, 2.05) is 5.10 Å². The van der Waals surface area contributed by atoms with Gasteiger partial charge in [0.25, 0.3) is 11.4 Å². The molecule has 1 heterocycles. The van der Waals surface area contributed by atoms with E-state index in [1.165, 1.54) is 0 Å². The maximum Gasteiger partial charge on any atom is 0.289 e. The lowest BCUT2D eigenvalue weighted by Gasteiger charge is -1.87. The zero-order valence-corrected chi connectivity index (χ0v) is 4.88. The highest BCUT2D eigenvalue weighted by atomic mass is 35.5. The van der Waals surface area contributed by atoms with Crippen molar-refractivity contribution in [3.63, 3.8) is 0 Å². The topological polar surface area (TPSA) is 78.9 Å². The Hall–Kier alpha value is -1.10. The van der Waals surface area contributed by atoms with E-state index in [9.17, 15) is 4.79 Å². The number of halogens is 1.